The molecule has 3 rings (SSSR count). The van der Waals surface area contributed by atoms with Crippen molar-refractivity contribution in [2.45, 2.75) is 102 Å². The van der Waals surface area contributed by atoms with Crippen LogP contribution >= 0.6 is 0 Å². The number of hydrogen-bond acceptors (Lipinski definition) is 3. The van der Waals surface area contributed by atoms with E-state index in [4.69, 9.17) is 0 Å². The molecule has 5 atom stereocenters. The Labute approximate surface area is 129 Å². The van der Waals surface area contributed by atoms with Gasteiger partial charge in [-0.1, -0.05) is 19.3 Å². The number of unbranched alkanes of at least 4 members (excludes halogenated alkanes) is 2. The molecule has 1 unspecified atom stereocenters. The lowest BCUT2D eigenvalue weighted by Gasteiger charge is -2.35. The first-order valence-electron chi connectivity index (χ1n) is 9.00. The summed E-state index contributed by atoms with van der Waals surface area (Å²) in [6, 6.07) is 2.80. The summed E-state index contributed by atoms with van der Waals surface area (Å²) in [6.07, 6.45) is 11.1. The van der Waals surface area contributed by atoms with Gasteiger partial charge in [-0.2, -0.15) is 0 Å². The minimum atomic E-state index is -0.134. The van der Waals surface area contributed by atoms with Gasteiger partial charge in [0.25, 0.3) is 0 Å². The summed E-state index contributed by atoms with van der Waals surface area (Å²) in [6.45, 7) is 4.19. The highest BCUT2D eigenvalue weighted by Crippen LogP contribution is 2.31. The molecular formula is C17H32N3O+. The highest BCUT2D eigenvalue weighted by Gasteiger charge is 2.44. The molecule has 1 saturated heterocycles. The summed E-state index contributed by atoms with van der Waals surface area (Å²) in [4.78, 5) is 0. The molecule has 0 aromatic carbocycles. The monoisotopic (exact) mass is 294 g/mol. The van der Waals surface area contributed by atoms with Crippen LogP contribution in [0.15, 0.2) is 0 Å². The molecule has 0 aliphatic carbocycles. The summed E-state index contributed by atoms with van der Waals surface area (Å²) in [5, 5.41) is 16.7. The molecule has 0 bridgehead atoms. The lowest BCUT2D eigenvalue weighted by molar-refractivity contribution is -0.593. The number of guanidine groups is 1. The van der Waals surface area contributed by atoms with Gasteiger partial charge in [-0.25, -0.2) is 0 Å². The van der Waals surface area contributed by atoms with Gasteiger partial charge in [0.2, 0.25) is 0 Å². The summed E-state index contributed by atoms with van der Waals surface area (Å²) in [5.74, 6) is 1.32. The van der Waals surface area contributed by atoms with Gasteiger partial charge in [-0.3, -0.25) is 15.2 Å². The van der Waals surface area contributed by atoms with Crippen LogP contribution in [0.4, 0.5) is 0 Å². The van der Waals surface area contributed by atoms with E-state index >= 15 is 0 Å². The topological polar surface area (TPSA) is 47.3 Å². The molecule has 0 spiro atoms. The molecule has 21 heavy (non-hydrogen) atoms. The molecule has 3 aliphatic heterocycles. The van der Waals surface area contributed by atoms with Crippen LogP contribution in [0.3, 0.4) is 0 Å². The first kappa shape index (κ1) is 15.1. The Morgan fingerprint density at radius 1 is 1.14 bits per heavy atom. The normalized spacial score (nSPS) is 36.0. The van der Waals surface area contributed by atoms with Crippen molar-refractivity contribution < 1.29 is 9.68 Å². The van der Waals surface area contributed by atoms with Gasteiger partial charge < -0.3 is 5.11 Å². The number of nitrogens with zero attached hydrogens (tertiary/aromatic N) is 1. The van der Waals surface area contributed by atoms with E-state index < -0.39 is 0 Å². The Kier molecular flexibility index (Phi) is 4.72. The third-order valence-corrected chi connectivity index (χ3v) is 5.46. The minimum absolute atomic E-state index is 0.134. The Bertz CT molecular complexity index is 393. The van der Waals surface area contributed by atoms with Crippen molar-refractivity contribution in [1.29, 1.82) is 0 Å². The van der Waals surface area contributed by atoms with Crippen LogP contribution in [0, 0.1) is 0 Å². The van der Waals surface area contributed by atoms with Crippen LogP contribution in [0.25, 0.3) is 0 Å². The van der Waals surface area contributed by atoms with Gasteiger partial charge >= 0.3 is 5.96 Å². The van der Waals surface area contributed by atoms with E-state index in [-0.39, 0.29) is 6.10 Å². The zero-order valence-electron chi connectivity index (χ0n) is 13.6. The van der Waals surface area contributed by atoms with Gasteiger partial charge in [0.15, 0.2) is 0 Å². The summed E-state index contributed by atoms with van der Waals surface area (Å²) in [7, 11) is 0. The standard InChI is InChI=1S/C17H31N3O/c1-12-10-15-8-9-16-11-14(19-17(18-12)20(15)16)7-5-3-4-6-13(2)21/h12-16,21H,3-11H2,1-2H3,(H,18,19)/p+1/t12-,13?,14+,15+,16-/m1/s1. The molecule has 0 aromatic heterocycles. The van der Waals surface area contributed by atoms with Crippen LogP contribution in [-0.2, 0) is 0 Å². The second-order valence-corrected chi connectivity index (χ2v) is 7.49. The molecule has 120 valence electrons. The highest BCUT2D eigenvalue weighted by molar-refractivity contribution is 5.76. The Balaban J connectivity index is 1.49. The van der Waals surface area contributed by atoms with Crippen LogP contribution in [0.5, 0.6) is 0 Å². The number of rotatable bonds is 6. The summed E-state index contributed by atoms with van der Waals surface area (Å²) >= 11 is 0. The highest BCUT2D eigenvalue weighted by atomic mass is 16.3. The smallest absolute Gasteiger partial charge is 0.346 e. The zero-order valence-corrected chi connectivity index (χ0v) is 13.6. The maximum atomic E-state index is 9.30. The fourth-order valence-corrected chi connectivity index (χ4v) is 4.46. The molecule has 0 aromatic rings. The van der Waals surface area contributed by atoms with Crippen molar-refractivity contribution in [2.75, 3.05) is 0 Å². The predicted octanol–water partition coefficient (Wildman–Crippen LogP) is 1.96. The molecule has 0 saturated carbocycles. The fourth-order valence-electron chi connectivity index (χ4n) is 4.46. The van der Waals surface area contributed by atoms with E-state index in [1.54, 1.807) is 0 Å². The number of nitrogens with one attached hydrogen (secondary N) is 2. The Morgan fingerprint density at radius 3 is 2.67 bits per heavy atom. The molecule has 3 aliphatic rings. The molecule has 0 amide bonds. The minimum Gasteiger partial charge on any atom is -0.393 e. The van der Waals surface area contributed by atoms with Crippen LogP contribution in [0.1, 0.15) is 71.6 Å². The number of hydrogen-bond donors (Lipinski definition) is 3. The SMILES string of the molecule is CC(O)CCCCC[C@H]1C[C@H]2CC[C@H]3C[C@@H](C)NC(=[N+]23)N1. The van der Waals surface area contributed by atoms with Gasteiger partial charge in [-0.15, -0.1) is 0 Å². The lowest BCUT2D eigenvalue weighted by atomic mass is 9.97. The zero-order chi connectivity index (χ0) is 14.8. The maximum absolute atomic E-state index is 9.30. The van der Waals surface area contributed by atoms with E-state index in [1.165, 1.54) is 50.9 Å². The van der Waals surface area contributed by atoms with Crippen molar-refractivity contribution in [3.8, 4) is 0 Å². The third-order valence-electron chi connectivity index (χ3n) is 5.46. The first-order chi connectivity index (χ1) is 10.1. The van der Waals surface area contributed by atoms with Gasteiger partial charge in [0.05, 0.1) is 30.3 Å². The second kappa shape index (κ2) is 6.55. The predicted molar refractivity (Wildman–Crippen MR) is 85.6 cm³/mol. The van der Waals surface area contributed by atoms with Crippen molar-refractivity contribution in [2.24, 2.45) is 0 Å². The Morgan fingerprint density at radius 2 is 1.90 bits per heavy atom. The largest absolute Gasteiger partial charge is 0.393 e. The number of aliphatic hydroxyl groups is 1. The molecule has 4 nitrogen and oxygen atoms in total. The van der Waals surface area contributed by atoms with Crippen molar-refractivity contribution in [3.63, 3.8) is 0 Å². The van der Waals surface area contributed by atoms with E-state index in [0.717, 1.165) is 24.9 Å². The average Bonchev–Trinajstić information content (AvgIpc) is 2.82. The molecular weight excluding hydrogens is 262 g/mol. The molecule has 3 heterocycles. The van der Waals surface area contributed by atoms with Crippen LogP contribution < -0.4 is 10.6 Å². The molecule has 1 fully saturated rings. The first-order valence-corrected chi connectivity index (χ1v) is 9.00. The van der Waals surface area contributed by atoms with E-state index in [9.17, 15) is 5.11 Å². The average molecular weight is 294 g/mol. The van der Waals surface area contributed by atoms with Gasteiger partial charge in [0.1, 0.15) is 0 Å². The quantitative estimate of drug-likeness (QED) is 0.518. The summed E-state index contributed by atoms with van der Waals surface area (Å²) in [5.41, 5.74) is 0. The Hall–Kier alpha value is -0.770. The van der Waals surface area contributed by atoms with E-state index in [0.29, 0.717) is 12.1 Å². The lowest BCUT2D eigenvalue weighted by Crippen LogP contribution is -2.61. The third kappa shape index (κ3) is 3.53. The van der Waals surface area contributed by atoms with E-state index in [2.05, 4.69) is 22.1 Å². The van der Waals surface area contributed by atoms with Crippen LogP contribution in [0.2, 0.25) is 0 Å². The summed E-state index contributed by atoms with van der Waals surface area (Å²) < 4.78 is 2.64. The van der Waals surface area contributed by atoms with E-state index in [1.807, 2.05) is 6.92 Å². The molecule has 3 N–H and O–H groups in total. The molecule has 4 heteroatoms. The van der Waals surface area contributed by atoms with Crippen molar-refractivity contribution >= 4 is 5.96 Å². The second-order valence-electron chi connectivity index (χ2n) is 7.49. The molecule has 0 radical (unpaired) electrons. The van der Waals surface area contributed by atoms with Crippen molar-refractivity contribution in [3.05, 3.63) is 0 Å². The van der Waals surface area contributed by atoms with Crippen molar-refractivity contribution in [1.82, 2.24) is 10.6 Å². The maximum Gasteiger partial charge on any atom is 0.346 e. The fraction of sp³-hybridized carbons (Fsp3) is 0.941. The van der Waals surface area contributed by atoms with Crippen LogP contribution in [-0.4, -0.2) is 45.9 Å². The number of aliphatic hydroxyl groups excluding tert-OH is 1. The van der Waals surface area contributed by atoms with Gasteiger partial charge in [0, 0.05) is 12.8 Å². The van der Waals surface area contributed by atoms with Gasteiger partial charge in [-0.05, 0) is 39.5 Å².